The van der Waals surface area contributed by atoms with Gasteiger partial charge in [0.1, 0.15) is 5.60 Å². The standard InChI is InChI=1S/C19H22ClN3O4/c1-19(2,3)27-18(26)23-9-7-22(8-10-23)16-12-5-4-6-14(20)13(12)11-21-15(16)17(24)25/h4-6,11H,7-10H2,1-3H3,(H,24,25). The predicted octanol–water partition coefficient (Wildman–Crippen LogP) is 3.64. The van der Waals surface area contributed by atoms with Crippen LogP contribution in [0.2, 0.25) is 5.02 Å². The second-order valence-electron chi connectivity index (χ2n) is 7.42. The summed E-state index contributed by atoms with van der Waals surface area (Å²) in [5.74, 6) is -1.10. The highest BCUT2D eigenvalue weighted by Crippen LogP contribution is 2.33. The molecule has 1 aromatic carbocycles. The first-order valence-corrected chi connectivity index (χ1v) is 9.08. The van der Waals surface area contributed by atoms with Crippen molar-refractivity contribution >= 4 is 40.1 Å². The first-order valence-electron chi connectivity index (χ1n) is 8.71. The summed E-state index contributed by atoms with van der Waals surface area (Å²) in [5.41, 5.74) is -0.0390. The van der Waals surface area contributed by atoms with Crippen LogP contribution in [0.25, 0.3) is 10.8 Å². The highest BCUT2D eigenvalue weighted by Gasteiger charge is 2.29. The Morgan fingerprint density at radius 1 is 1.15 bits per heavy atom. The maximum Gasteiger partial charge on any atom is 0.410 e. The molecule has 1 saturated heterocycles. The molecule has 0 unspecified atom stereocenters. The number of hydrogen-bond acceptors (Lipinski definition) is 5. The SMILES string of the molecule is CC(C)(C)OC(=O)N1CCN(c2c(C(=O)O)ncc3c(Cl)cccc23)CC1. The van der Waals surface area contributed by atoms with Crippen molar-refractivity contribution < 1.29 is 19.4 Å². The molecule has 0 aliphatic carbocycles. The van der Waals surface area contributed by atoms with Crippen molar-refractivity contribution in [3.05, 3.63) is 35.1 Å². The molecular formula is C19H22ClN3O4. The Hall–Kier alpha value is -2.54. The van der Waals surface area contributed by atoms with E-state index in [1.54, 1.807) is 17.0 Å². The van der Waals surface area contributed by atoms with Crippen LogP contribution >= 0.6 is 11.6 Å². The largest absolute Gasteiger partial charge is 0.476 e. The van der Waals surface area contributed by atoms with Crippen molar-refractivity contribution in [2.75, 3.05) is 31.1 Å². The number of nitrogens with zero attached hydrogens (tertiary/aromatic N) is 3. The zero-order valence-corrected chi connectivity index (χ0v) is 16.3. The minimum Gasteiger partial charge on any atom is -0.476 e. The van der Waals surface area contributed by atoms with Gasteiger partial charge in [-0.2, -0.15) is 0 Å². The number of amides is 1. The first-order chi connectivity index (χ1) is 12.7. The number of hydrogen-bond donors (Lipinski definition) is 1. The second-order valence-corrected chi connectivity index (χ2v) is 7.82. The van der Waals surface area contributed by atoms with E-state index in [1.165, 1.54) is 6.20 Å². The molecule has 1 amide bonds. The second kappa shape index (κ2) is 7.23. The number of piperazine rings is 1. The zero-order chi connectivity index (χ0) is 19.8. The number of aromatic nitrogens is 1. The Bertz CT molecular complexity index is 886. The highest BCUT2D eigenvalue weighted by atomic mass is 35.5. The molecule has 1 aliphatic rings. The summed E-state index contributed by atoms with van der Waals surface area (Å²) in [6.07, 6.45) is 1.13. The fourth-order valence-corrected chi connectivity index (χ4v) is 3.33. The molecule has 1 fully saturated rings. The van der Waals surface area contributed by atoms with Crippen LogP contribution in [0.1, 0.15) is 31.3 Å². The monoisotopic (exact) mass is 391 g/mol. The van der Waals surface area contributed by atoms with Crippen molar-refractivity contribution in [2.24, 2.45) is 0 Å². The van der Waals surface area contributed by atoms with Gasteiger partial charge in [0.2, 0.25) is 0 Å². The number of carbonyl (C=O) groups excluding carboxylic acids is 1. The number of carboxylic acids is 1. The lowest BCUT2D eigenvalue weighted by Gasteiger charge is -2.37. The number of halogens is 1. The summed E-state index contributed by atoms with van der Waals surface area (Å²) in [5, 5.41) is 11.5. The zero-order valence-electron chi connectivity index (χ0n) is 15.5. The minimum atomic E-state index is -1.10. The third kappa shape index (κ3) is 4.08. The van der Waals surface area contributed by atoms with E-state index in [0.29, 0.717) is 42.3 Å². The van der Waals surface area contributed by atoms with Crippen molar-refractivity contribution in [3.63, 3.8) is 0 Å². The van der Waals surface area contributed by atoms with Gasteiger partial charge in [-0.1, -0.05) is 23.7 Å². The van der Waals surface area contributed by atoms with E-state index in [0.717, 1.165) is 5.39 Å². The average molecular weight is 392 g/mol. The Balaban J connectivity index is 1.89. The summed E-state index contributed by atoms with van der Waals surface area (Å²) < 4.78 is 5.41. The molecule has 3 rings (SSSR count). The van der Waals surface area contributed by atoms with Gasteiger partial charge in [0, 0.05) is 43.1 Å². The van der Waals surface area contributed by atoms with Gasteiger partial charge in [-0.3, -0.25) is 0 Å². The minimum absolute atomic E-state index is 0.0181. The number of ether oxygens (including phenoxy) is 1. The maximum absolute atomic E-state index is 12.3. The summed E-state index contributed by atoms with van der Waals surface area (Å²) in [7, 11) is 0. The first kappa shape index (κ1) is 19.2. The molecule has 0 radical (unpaired) electrons. The van der Waals surface area contributed by atoms with Crippen molar-refractivity contribution in [1.82, 2.24) is 9.88 Å². The number of anilines is 1. The lowest BCUT2D eigenvalue weighted by Crippen LogP contribution is -2.50. The normalized spacial score (nSPS) is 15.1. The van der Waals surface area contributed by atoms with Gasteiger partial charge in [-0.15, -0.1) is 0 Å². The fraction of sp³-hybridized carbons (Fsp3) is 0.421. The van der Waals surface area contributed by atoms with Crippen molar-refractivity contribution in [1.29, 1.82) is 0 Å². The lowest BCUT2D eigenvalue weighted by molar-refractivity contribution is 0.0240. The summed E-state index contributed by atoms with van der Waals surface area (Å²) in [4.78, 5) is 31.7. The molecule has 0 saturated carbocycles. The summed E-state index contributed by atoms with van der Waals surface area (Å²) >= 11 is 6.25. The molecule has 1 aliphatic heterocycles. The van der Waals surface area contributed by atoms with Gasteiger partial charge in [-0.25, -0.2) is 14.6 Å². The van der Waals surface area contributed by atoms with Crippen LogP contribution in [0.5, 0.6) is 0 Å². The molecule has 1 N–H and O–H groups in total. The van der Waals surface area contributed by atoms with Crippen LogP contribution in [-0.4, -0.2) is 58.8 Å². The molecule has 144 valence electrons. The third-order valence-corrected chi connectivity index (χ3v) is 4.63. The van der Waals surface area contributed by atoms with Crippen molar-refractivity contribution in [3.8, 4) is 0 Å². The van der Waals surface area contributed by atoms with E-state index in [1.807, 2.05) is 31.7 Å². The molecule has 0 bridgehead atoms. The number of fused-ring (bicyclic) bond motifs is 1. The smallest absolute Gasteiger partial charge is 0.410 e. The van der Waals surface area contributed by atoms with Crippen LogP contribution in [0.4, 0.5) is 10.5 Å². The maximum atomic E-state index is 12.3. The van der Waals surface area contributed by atoms with Gasteiger partial charge in [0.15, 0.2) is 5.69 Å². The molecule has 2 heterocycles. The Labute approximate surface area is 162 Å². The lowest BCUT2D eigenvalue weighted by atomic mass is 10.1. The number of carbonyl (C=O) groups is 2. The topological polar surface area (TPSA) is 83.0 Å². The Morgan fingerprint density at radius 2 is 1.81 bits per heavy atom. The van der Waals surface area contributed by atoms with Gasteiger partial charge >= 0.3 is 12.1 Å². The number of aromatic carboxylic acids is 1. The molecule has 8 heteroatoms. The molecule has 0 atom stereocenters. The summed E-state index contributed by atoms with van der Waals surface area (Å²) in [6.45, 7) is 7.30. The van der Waals surface area contributed by atoms with E-state index < -0.39 is 11.6 Å². The van der Waals surface area contributed by atoms with E-state index in [2.05, 4.69) is 4.98 Å². The predicted molar refractivity (Wildman–Crippen MR) is 104 cm³/mol. The van der Waals surface area contributed by atoms with Gasteiger partial charge in [0.05, 0.1) is 10.7 Å². The number of rotatable bonds is 2. The van der Waals surface area contributed by atoms with E-state index in [9.17, 15) is 14.7 Å². The van der Waals surface area contributed by atoms with Crippen LogP contribution in [0.15, 0.2) is 24.4 Å². The Morgan fingerprint density at radius 3 is 2.41 bits per heavy atom. The highest BCUT2D eigenvalue weighted by molar-refractivity contribution is 6.36. The summed E-state index contributed by atoms with van der Waals surface area (Å²) in [6, 6.07) is 5.37. The van der Waals surface area contributed by atoms with E-state index in [4.69, 9.17) is 16.3 Å². The van der Waals surface area contributed by atoms with Gasteiger partial charge in [-0.05, 0) is 26.8 Å². The molecule has 1 aromatic heterocycles. The van der Waals surface area contributed by atoms with Crippen LogP contribution < -0.4 is 4.90 Å². The molecule has 27 heavy (non-hydrogen) atoms. The Kier molecular flexibility index (Phi) is 5.15. The fourth-order valence-electron chi connectivity index (χ4n) is 3.11. The van der Waals surface area contributed by atoms with E-state index in [-0.39, 0.29) is 11.8 Å². The molecule has 0 spiro atoms. The van der Waals surface area contributed by atoms with Gasteiger partial charge < -0.3 is 19.6 Å². The molecular weight excluding hydrogens is 370 g/mol. The molecule has 7 nitrogen and oxygen atoms in total. The van der Waals surface area contributed by atoms with Crippen molar-refractivity contribution in [2.45, 2.75) is 26.4 Å². The number of benzene rings is 1. The van der Waals surface area contributed by atoms with Gasteiger partial charge in [0.25, 0.3) is 0 Å². The molecule has 2 aromatic rings. The number of pyridine rings is 1. The quantitative estimate of drug-likeness (QED) is 0.841. The number of carboxylic acid groups (broad SMARTS) is 1. The van der Waals surface area contributed by atoms with Crippen LogP contribution in [0.3, 0.4) is 0 Å². The van der Waals surface area contributed by atoms with Crippen LogP contribution in [0, 0.1) is 0 Å². The van der Waals surface area contributed by atoms with E-state index >= 15 is 0 Å². The van der Waals surface area contributed by atoms with Crippen LogP contribution in [-0.2, 0) is 4.74 Å². The third-order valence-electron chi connectivity index (χ3n) is 4.31. The average Bonchev–Trinajstić information content (AvgIpc) is 2.59.